The molecule has 3 aromatic rings. The highest BCUT2D eigenvalue weighted by molar-refractivity contribution is 6.33. The van der Waals surface area contributed by atoms with Crippen LogP contribution in [0, 0.1) is 0 Å². The molecule has 0 aliphatic heterocycles. The first-order chi connectivity index (χ1) is 17.9. The van der Waals surface area contributed by atoms with Crippen molar-refractivity contribution in [3.8, 4) is 28.7 Å². The Labute approximate surface area is 222 Å². The van der Waals surface area contributed by atoms with Gasteiger partial charge in [-0.1, -0.05) is 31.0 Å². The van der Waals surface area contributed by atoms with Crippen molar-refractivity contribution in [1.29, 1.82) is 0 Å². The van der Waals surface area contributed by atoms with Gasteiger partial charge in [0.2, 0.25) is 11.5 Å². The van der Waals surface area contributed by atoms with Crippen LogP contribution in [0.5, 0.6) is 5.88 Å². The topological polar surface area (TPSA) is 107 Å². The van der Waals surface area contributed by atoms with E-state index in [1.807, 2.05) is 6.92 Å². The number of alkyl halides is 3. The first-order valence-corrected chi connectivity index (χ1v) is 12.3. The van der Waals surface area contributed by atoms with Crippen molar-refractivity contribution in [3.05, 3.63) is 57.6 Å². The second kappa shape index (κ2) is 12.0. The minimum absolute atomic E-state index is 0.00203. The van der Waals surface area contributed by atoms with Crippen LogP contribution < -0.4 is 10.4 Å². The molecule has 38 heavy (non-hydrogen) atoms. The first kappa shape index (κ1) is 29.2. The molecule has 0 unspecified atom stereocenters. The number of halogens is 4. The van der Waals surface area contributed by atoms with Crippen molar-refractivity contribution in [1.82, 2.24) is 19.9 Å². The summed E-state index contributed by atoms with van der Waals surface area (Å²) in [7, 11) is 0.845. The van der Waals surface area contributed by atoms with E-state index in [0.717, 1.165) is 20.0 Å². The number of nitrogens with one attached hydrogen (secondary N) is 1. The normalized spacial score (nSPS) is 14.1. The zero-order chi connectivity index (χ0) is 28.1. The van der Waals surface area contributed by atoms with Gasteiger partial charge in [0.25, 0.3) is 0 Å². The van der Waals surface area contributed by atoms with E-state index < -0.39 is 29.7 Å². The molecule has 0 radical (unpaired) electrons. The van der Waals surface area contributed by atoms with E-state index in [9.17, 15) is 22.8 Å². The molecule has 0 saturated carbocycles. The van der Waals surface area contributed by atoms with Crippen LogP contribution in [-0.2, 0) is 16.0 Å². The molecule has 2 aromatic heterocycles. The average Bonchev–Trinajstić information content (AvgIpc) is 2.87. The van der Waals surface area contributed by atoms with Gasteiger partial charge in [0.15, 0.2) is 11.6 Å². The van der Waals surface area contributed by atoms with Crippen LogP contribution in [0.1, 0.15) is 45.6 Å². The maximum Gasteiger partial charge on any atom is 0.424 e. The van der Waals surface area contributed by atoms with Crippen LogP contribution in [0.3, 0.4) is 0 Å². The first-order valence-electron chi connectivity index (χ1n) is 11.9. The van der Waals surface area contributed by atoms with Gasteiger partial charge in [-0.3, -0.25) is 9.78 Å². The van der Waals surface area contributed by atoms with Gasteiger partial charge in [-0.15, -0.1) is 0 Å². The molecule has 1 aromatic carbocycles. The van der Waals surface area contributed by atoms with Gasteiger partial charge in [0.05, 0.1) is 11.1 Å². The summed E-state index contributed by atoms with van der Waals surface area (Å²) in [5, 5.41) is 0.240. The van der Waals surface area contributed by atoms with Crippen molar-refractivity contribution in [2.24, 2.45) is 0 Å². The Kier molecular flexibility index (Phi) is 9.26. The molecule has 1 N–H and O–H groups in total. The summed E-state index contributed by atoms with van der Waals surface area (Å²) < 4.78 is 50.2. The van der Waals surface area contributed by atoms with Crippen LogP contribution in [0.4, 0.5) is 13.2 Å². The summed E-state index contributed by atoms with van der Waals surface area (Å²) in [6, 6.07) is 7.99. The number of aromatic nitrogens is 4. The summed E-state index contributed by atoms with van der Waals surface area (Å²) in [5.74, 6) is -0.472. The van der Waals surface area contributed by atoms with Gasteiger partial charge in [0.1, 0.15) is 5.82 Å². The lowest BCUT2D eigenvalue weighted by molar-refractivity contribution is -0.252. The number of nitrogens with zero attached hydrogens (tertiary/aromatic N) is 3. The van der Waals surface area contributed by atoms with Gasteiger partial charge in [-0.2, -0.15) is 18.2 Å². The lowest BCUT2D eigenvalue weighted by Gasteiger charge is -2.29. The Balaban J connectivity index is 1.85. The molecule has 0 bridgehead atoms. The molecule has 12 heteroatoms. The molecule has 0 saturated heterocycles. The van der Waals surface area contributed by atoms with Crippen LogP contribution in [-0.4, -0.2) is 50.7 Å². The number of benzene rings is 1. The van der Waals surface area contributed by atoms with Crippen molar-refractivity contribution in [2.45, 2.75) is 64.3 Å². The Morgan fingerprint density at radius 3 is 2.53 bits per heavy atom. The lowest BCUT2D eigenvalue weighted by Crippen LogP contribution is -2.51. The van der Waals surface area contributed by atoms with E-state index in [-0.39, 0.29) is 29.2 Å². The monoisotopic (exact) mass is 552 g/mol. The number of H-pyrrole nitrogens is 1. The Morgan fingerprint density at radius 2 is 1.92 bits per heavy atom. The van der Waals surface area contributed by atoms with Gasteiger partial charge in [0, 0.05) is 36.9 Å². The number of ketones is 1. The number of methoxy groups -OCH3 is 1. The third kappa shape index (κ3) is 6.76. The van der Waals surface area contributed by atoms with E-state index >= 15 is 0 Å². The molecule has 3 rings (SSSR count). The minimum atomic E-state index is -4.85. The number of aromatic amines is 1. The average molecular weight is 553 g/mol. The van der Waals surface area contributed by atoms with Crippen LogP contribution >= 0.6 is 11.6 Å². The van der Waals surface area contributed by atoms with Crippen LogP contribution in [0.2, 0.25) is 5.02 Å². The van der Waals surface area contributed by atoms with Crippen molar-refractivity contribution >= 4 is 17.4 Å². The van der Waals surface area contributed by atoms with Gasteiger partial charge in [-0.05, 0) is 50.5 Å². The van der Waals surface area contributed by atoms with Crippen LogP contribution in [0.25, 0.3) is 22.8 Å². The van der Waals surface area contributed by atoms with E-state index in [0.29, 0.717) is 29.5 Å². The number of carbonyl (C=O) groups is 1. The van der Waals surface area contributed by atoms with E-state index in [2.05, 4.69) is 31.6 Å². The molecule has 0 aliphatic carbocycles. The van der Waals surface area contributed by atoms with E-state index in [1.54, 1.807) is 24.3 Å². The predicted molar refractivity (Wildman–Crippen MR) is 136 cm³/mol. The maximum absolute atomic E-state index is 13.3. The predicted octanol–water partition coefficient (Wildman–Crippen LogP) is 5.58. The Morgan fingerprint density at radius 1 is 1.18 bits per heavy atom. The Bertz CT molecular complexity index is 1330. The quantitative estimate of drug-likeness (QED) is 0.331. The highest BCUT2D eigenvalue weighted by Crippen LogP contribution is 2.35. The zero-order valence-corrected chi connectivity index (χ0v) is 22.1. The van der Waals surface area contributed by atoms with Gasteiger partial charge < -0.3 is 9.47 Å². The zero-order valence-electron chi connectivity index (χ0n) is 21.4. The summed E-state index contributed by atoms with van der Waals surface area (Å²) in [5.41, 5.74) is -2.28. The third-order valence-electron chi connectivity index (χ3n) is 6.07. The second-order valence-corrected chi connectivity index (χ2v) is 9.31. The fourth-order valence-corrected chi connectivity index (χ4v) is 3.90. The van der Waals surface area contributed by atoms with Crippen molar-refractivity contribution in [3.63, 3.8) is 0 Å². The number of hydrogen-bond donors (Lipinski definition) is 1. The number of carbonyl (C=O) groups excluding carboxylic acids is 1. The molecule has 0 fully saturated rings. The SMILES string of the molecule is CCC[C@@H](C)Oc1ccc(-c2nc(-c3cc(CCC(=O)[C@@](C)(OC)C(F)(F)F)ccc3Cl)[nH]c(=O)n2)cn1. The van der Waals surface area contributed by atoms with Crippen molar-refractivity contribution < 1.29 is 27.4 Å². The summed E-state index contributed by atoms with van der Waals surface area (Å²) in [6.07, 6.45) is -1.94. The summed E-state index contributed by atoms with van der Waals surface area (Å²) in [6.45, 7) is 4.71. The largest absolute Gasteiger partial charge is 0.475 e. The number of Topliss-reactive ketones (excluding diaryl/α,β-unsaturated/α-hetero) is 1. The maximum atomic E-state index is 13.3. The van der Waals surface area contributed by atoms with Crippen molar-refractivity contribution in [2.75, 3.05) is 7.11 Å². The summed E-state index contributed by atoms with van der Waals surface area (Å²) >= 11 is 6.35. The smallest absolute Gasteiger partial charge is 0.424 e. The number of hydrogen-bond acceptors (Lipinski definition) is 7. The molecule has 204 valence electrons. The summed E-state index contributed by atoms with van der Waals surface area (Å²) in [4.78, 5) is 39.8. The molecule has 2 heterocycles. The number of ether oxygens (including phenoxy) is 2. The lowest BCUT2D eigenvalue weighted by atomic mass is 9.94. The van der Waals surface area contributed by atoms with Crippen LogP contribution in [0.15, 0.2) is 41.3 Å². The standard InChI is InChI=1S/C26H28ClF3N4O4/c1-5-6-15(2)38-21-12-9-17(14-31-21)22-32-23(34-24(36)33-22)18-13-16(7-10-19(18)27)8-11-20(35)25(3,37-4)26(28,29)30/h7,9-10,12-15H,5-6,8,11H2,1-4H3,(H,32,33,34,36)/t15-,25-/m1/s1. The molecule has 0 spiro atoms. The molecule has 0 amide bonds. The molecular formula is C26H28ClF3N4O4. The Hall–Kier alpha value is -3.31. The second-order valence-electron chi connectivity index (χ2n) is 8.90. The van der Waals surface area contributed by atoms with E-state index in [4.69, 9.17) is 16.3 Å². The highest BCUT2D eigenvalue weighted by atomic mass is 35.5. The fraction of sp³-hybridized carbons (Fsp3) is 0.423. The number of rotatable bonds is 11. The minimum Gasteiger partial charge on any atom is -0.475 e. The fourth-order valence-electron chi connectivity index (χ4n) is 3.69. The van der Waals surface area contributed by atoms with Gasteiger partial charge >= 0.3 is 11.9 Å². The number of pyridine rings is 1. The highest BCUT2D eigenvalue weighted by Gasteiger charge is 2.56. The third-order valence-corrected chi connectivity index (χ3v) is 6.40. The van der Waals surface area contributed by atoms with E-state index in [1.165, 1.54) is 12.3 Å². The van der Waals surface area contributed by atoms with Gasteiger partial charge in [-0.25, -0.2) is 14.8 Å². The molecular weight excluding hydrogens is 525 g/mol. The molecule has 8 nitrogen and oxygen atoms in total. The molecule has 0 aliphatic rings. The molecule has 2 atom stereocenters. The number of aryl methyl sites for hydroxylation is 1.